The Bertz CT molecular complexity index is 914. The van der Waals surface area contributed by atoms with Crippen LogP contribution in [0.25, 0.3) is 26.6 Å². The third-order valence-corrected chi connectivity index (χ3v) is 5.12. The molecule has 20 heavy (non-hydrogen) atoms. The molecule has 3 nitrogen and oxygen atoms in total. The van der Waals surface area contributed by atoms with E-state index in [9.17, 15) is 0 Å². The first kappa shape index (κ1) is 12.0. The van der Waals surface area contributed by atoms with E-state index in [2.05, 4.69) is 39.7 Å². The second-order valence-corrected chi connectivity index (χ2v) is 6.90. The Morgan fingerprint density at radius 2 is 1.95 bits per heavy atom. The van der Waals surface area contributed by atoms with E-state index in [4.69, 9.17) is 12.2 Å². The molecule has 3 heterocycles. The number of aromatic amines is 1. The van der Waals surface area contributed by atoms with E-state index in [1.165, 1.54) is 4.88 Å². The van der Waals surface area contributed by atoms with Crippen LogP contribution >= 0.6 is 34.9 Å². The Hall–Kier alpha value is -1.76. The number of fused-ring (bicyclic) bond motifs is 1. The van der Waals surface area contributed by atoms with E-state index in [0.717, 1.165) is 25.7 Å². The van der Waals surface area contributed by atoms with Crippen molar-refractivity contribution in [3.05, 3.63) is 51.8 Å². The zero-order valence-electron chi connectivity index (χ0n) is 10.2. The fourth-order valence-electron chi connectivity index (χ4n) is 2.18. The minimum atomic E-state index is 0.764. The number of benzene rings is 1. The van der Waals surface area contributed by atoms with Crippen molar-refractivity contribution in [2.75, 3.05) is 0 Å². The van der Waals surface area contributed by atoms with Crippen molar-refractivity contribution in [1.29, 1.82) is 0 Å². The first-order valence-corrected chi connectivity index (χ1v) is 8.14. The Kier molecular flexibility index (Phi) is 2.80. The number of para-hydroxylation sites is 1. The molecule has 0 fully saturated rings. The molecular weight excluding hydrogens is 306 g/mol. The van der Waals surface area contributed by atoms with Gasteiger partial charge >= 0.3 is 0 Å². The van der Waals surface area contributed by atoms with Gasteiger partial charge in [0.2, 0.25) is 0 Å². The summed E-state index contributed by atoms with van der Waals surface area (Å²) in [6.45, 7) is 0. The highest BCUT2D eigenvalue weighted by Crippen LogP contribution is 2.36. The van der Waals surface area contributed by atoms with Crippen molar-refractivity contribution < 1.29 is 0 Å². The average molecular weight is 315 g/mol. The quantitative estimate of drug-likeness (QED) is 0.535. The first-order valence-electron chi connectivity index (χ1n) is 6.04. The molecule has 0 saturated carbocycles. The van der Waals surface area contributed by atoms with Gasteiger partial charge in [0.05, 0.1) is 10.6 Å². The van der Waals surface area contributed by atoms with Gasteiger partial charge in [-0.1, -0.05) is 24.3 Å². The number of rotatable bonds is 2. The third-order valence-electron chi connectivity index (χ3n) is 3.01. The number of H-pyrrole nitrogens is 1. The average Bonchev–Trinajstić information content (AvgIpc) is 3.14. The summed E-state index contributed by atoms with van der Waals surface area (Å²) in [4.78, 5) is 4.35. The molecule has 1 N–H and O–H groups in total. The maximum absolute atomic E-state index is 5.23. The van der Waals surface area contributed by atoms with Gasteiger partial charge in [-0.2, -0.15) is 0 Å². The largest absolute Gasteiger partial charge is 0.320 e. The predicted molar refractivity (Wildman–Crippen MR) is 87.4 cm³/mol. The molecule has 4 rings (SSSR count). The number of thiazole rings is 1. The molecule has 0 radical (unpaired) electrons. The van der Waals surface area contributed by atoms with E-state index in [-0.39, 0.29) is 0 Å². The van der Waals surface area contributed by atoms with Crippen molar-refractivity contribution in [3.8, 4) is 16.3 Å². The van der Waals surface area contributed by atoms with Crippen LogP contribution in [0.3, 0.4) is 0 Å². The molecule has 0 unspecified atom stereocenters. The number of hydrogen-bond donors (Lipinski definition) is 1. The van der Waals surface area contributed by atoms with Gasteiger partial charge < -0.3 is 4.98 Å². The van der Waals surface area contributed by atoms with Gasteiger partial charge in [-0.3, -0.25) is 0 Å². The molecule has 0 spiro atoms. The van der Waals surface area contributed by atoms with Crippen molar-refractivity contribution >= 4 is 45.2 Å². The molecule has 0 bridgehead atoms. The smallest absolute Gasteiger partial charge is 0.172 e. The van der Waals surface area contributed by atoms with Crippen molar-refractivity contribution in [2.45, 2.75) is 0 Å². The van der Waals surface area contributed by atoms with Crippen LogP contribution in [-0.4, -0.2) is 14.8 Å². The van der Waals surface area contributed by atoms with Gasteiger partial charge in [-0.15, -0.1) is 27.8 Å². The van der Waals surface area contributed by atoms with Crippen LogP contribution in [0.2, 0.25) is 0 Å². The molecule has 98 valence electrons. The van der Waals surface area contributed by atoms with E-state index in [1.54, 1.807) is 22.7 Å². The fourth-order valence-corrected chi connectivity index (χ4v) is 4.17. The Morgan fingerprint density at radius 3 is 2.70 bits per heavy atom. The molecule has 0 amide bonds. The molecule has 0 atom stereocenters. The number of aromatic nitrogens is 3. The van der Waals surface area contributed by atoms with Crippen molar-refractivity contribution in [3.63, 3.8) is 0 Å². The van der Waals surface area contributed by atoms with Crippen LogP contribution in [-0.2, 0) is 0 Å². The highest BCUT2D eigenvalue weighted by molar-refractivity contribution is 7.73. The van der Waals surface area contributed by atoms with Crippen molar-refractivity contribution in [1.82, 2.24) is 14.8 Å². The van der Waals surface area contributed by atoms with Crippen molar-refractivity contribution in [2.24, 2.45) is 0 Å². The van der Waals surface area contributed by atoms with E-state index >= 15 is 0 Å². The second kappa shape index (κ2) is 4.66. The number of nitrogens with zero attached hydrogens (tertiary/aromatic N) is 2. The lowest BCUT2D eigenvalue weighted by molar-refractivity contribution is 0.898. The Morgan fingerprint density at radius 1 is 1.10 bits per heavy atom. The summed E-state index contributed by atoms with van der Waals surface area (Å²) in [6, 6.07) is 14.3. The summed E-state index contributed by atoms with van der Waals surface area (Å²) in [6.07, 6.45) is 0. The van der Waals surface area contributed by atoms with Crippen LogP contribution in [0.1, 0.15) is 0 Å². The Labute approximate surface area is 128 Å². The van der Waals surface area contributed by atoms with Gasteiger partial charge in [0, 0.05) is 0 Å². The minimum absolute atomic E-state index is 0.764. The summed E-state index contributed by atoms with van der Waals surface area (Å²) in [5.74, 6) is 0. The predicted octanol–water partition coefficient (Wildman–Crippen LogP) is 4.87. The van der Waals surface area contributed by atoms with E-state index in [0.29, 0.717) is 0 Å². The lowest BCUT2D eigenvalue weighted by Crippen LogP contribution is -1.97. The topological polar surface area (TPSA) is 33.6 Å². The van der Waals surface area contributed by atoms with Gasteiger partial charge in [-0.05, 0) is 35.8 Å². The first-order chi connectivity index (χ1) is 9.83. The van der Waals surface area contributed by atoms with Crippen LogP contribution in [0, 0.1) is 3.95 Å². The molecule has 1 aromatic carbocycles. The van der Waals surface area contributed by atoms with Gasteiger partial charge in [0.1, 0.15) is 10.4 Å². The van der Waals surface area contributed by atoms with Crippen LogP contribution in [0.4, 0.5) is 0 Å². The zero-order valence-corrected chi connectivity index (χ0v) is 12.7. The van der Waals surface area contributed by atoms with E-state index < -0.39 is 0 Å². The lowest BCUT2D eigenvalue weighted by Gasteiger charge is -2.05. The summed E-state index contributed by atoms with van der Waals surface area (Å²) in [7, 11) is 0. The highest BCUT2D eigenvalue weighted by Gasteiger charge is 2.17. The zero-order chi connectivity index (χ0) is 13.5. The summed E-state index contributed by atoms with van der Waals surface area (Å²) >= 11 is 8.52. The lowest BCUT2D eigenvalue weighted by atomic mass is 10.3. The summed E-state index contributed by atoms with van der Waals surface area (Å²) in [5, 5.41) is 6.75. The molecule has 0 aliphatic carbocycles. The van der Waals surface area contributed by atoms with Crippen LogP contribution in [0.5, 0.6) is 0 Å². The maximum Gasteiger partial charge on any atom is 0.172 e. The minimum Gasteiger partial charge on any atom is -0.320 e. The monoisotopic (exact) mass is 315 g/mol. The molecule has 4 aromatic rings. The molecule has 6 heteroatoms. The standard InChI is InChI=1S/C14H9N3S3/c18-14-15-13-12(20-14)11(10-7-4-8-19-10)17(16-13)9-5-2-1-3-6-9/h1-8H,(H,15,16,18). The summed E-state index contributed by atoms with van der Waals surface area (Å²) in [5.41, 5.74) is 3.02. The summed E-state index contributed by atoms with van der Waals surface area (Å²) < 4.78 is 3.86. The molecule has 0 aliphatic heterocycles. The van der Waals surface area contributed by atoms with Gasteiger partial charge in [0.15, 0.2) is 9.60 Å². The van der Waals surface area contributed by atoms with Gasteiger partial charge in [-0.25, -0.2) is 4.68 Å². The third kappa shape index (κ3) is 1.84. The SMILES string of the molecule is S=c1[nH]c2nn(-c3ccccc3)c(-c3cccs3)c2s1. The van der Waals surface area contributed by atoms with Gasteiger partial charge in [0.25, 0.3) is 0 Å². The Balaban J connectivity index is 2.08. The molecule has 0 aliphatic rings. The number of nitrogens with one attached hydrogen (secondary N) is 1. The maximum atomic E-state index is 5.23. The molecular formula is C14H9N3S3. The van der Waals surface area contributed by atoms with E-state index in [1.807, 2.05) is 22.9 Å². The van der Waals surface area contributed by atoms with Crippen LogP contribution in [0.15, 0.2) is 47.8 Å². The second-order valence-electron chi connectivity index (χ2n) is 4.27. The molecule has 3 aromatic heterocycles. The number of hydrogen-bond acceptors (Lipinski definition) is 4. The fraction of sp³-hybridized carbons (Fsp3) is 0. The molecule has 0 saturated heterocycles. The highest BCUT2D eigenvalue weighted by atomic mass is 32.1. The normalized spacial score (nSPS) is 11.2. The number of thiophene rings is 1. The van der Waals surface area contributed by atoms with Crippen LogP contribution < -0.4 is 0 Å².